The Morgan fingerprint density at radius 2 is 0.461 bits per heavy atom. The van der Waals surface area contributed by atoms with Gasteiger partial charge in [-0.3, -0.25) is 19.6 Å². The topological polar surface area (TPSA) is 72.9 Å². The molecule has 0 saturated carbocycles. The van der Waals surface area contributed by atoms with E-state index in [2.05, 4.69) is 427 Å². The highest BCUT2D eigenvalue weighted by molar-refractivity contribution is 6.11. The molecule has 0 aliphatic carbocycles. The van der Waals surface area contributed by atoms with Crippen molar-refractivity contribution >= 4 is 101 Å². The Labute approximate surface area is 827 Å². The number of ketones is 2. The number of aromatic nitrogens is 2. The first-order chi connectivity index (χ1) is 69.3. The molecule has 2 heterocycles. The van der Waals surface area contributed by atoms with E-state index < -0.39 is 0 Å². The van der Waals surface area contributed by atoms with E-state index in [-0.39, 0.29) is 11.6 Å². The molecule has 141 heavy (non-hydrogen) atoms. The van der Waals surface area contributed by atoms with Crippen molar-refractivity contribution in [1.82, 2.24) is 9.97 Å². The minimum atomic E-state index is 0.00330. The maximum Gasteiger partial charge on any atom is 0.193 e. The standard InChI is InChI=1S/C39H30N2.C36H26N2O.C20H16O.2C19H17N/c1-29-26-34(40(32-18-4-2-5-19-32)38-24-12-16-30-14-8-10-22-36(30)38)28-35(27-29)41(33-20-6-3-7-21-33)39-25-13-17-31-15-9-11-23-37(31)39;1-25-9-6-14-30(19-25)36(39)33-23-31(26-10-7-12-28(20-26)34-15-2-4-17-37-34)22-32(24-33)27-11-8-13-29(21-27)35-16-3-5-18-38-35;1-15-7-5-10-17(13-15)18-11-6-12-19(14-18)20(21)16-8-3-2-4-9-16;1-16-9-8-14-19(15-16)20(17-10-4-2-5-11-17)18-12-6-3-7-13-18;1-16-12-14-19(15-13-16)20(17-8-4-2-5-9-17)18-10-6-3-7-11-18/h2-28H,1H3;2-24H,1H3;2-14H,1H3;2*2-15H,1H3. The van der Waals surface area contributed by atoms with Crippen LogP contribution in [0.1, 0.15) is 59.7 Å². The van der Waals surface area contributed by atoms with Gasteiger partial charge in [-0.25, -0.2) is 0 Å². The number of pyridine rings is 2. The summed E-state index contributed by atoms with van der Waals surface area (Å²) in [5, 5.41) is 4.88. The lowest BCUT2D eigenvalue weighted by Crippen LogP contribution is -2.14. The molecule has 8 heteroatoms. The maximum atomic E-state index is 13.7. The highest BCUT2D eigenvalue weighted by atomic mass is 16.1. The minimum absolute atomic E-state index is 0.00330. The molecule has 0 radical (unpaired) electrons. The number of carbonyl (C=O) groups excluding carboxylic acids is 2. The van der Waals surface area contributed by atoms with Crippen molar-refractivity contribution in [3.05, 3.63) is 602 Å². The summed E-state index contributed by atoms with van der Waals surface area (Å²) in [5.41, 5.74) is 32.7. The van der Waals surface area contributed by atoms with Crippen LogP contribution in [0.3, 0.4) is 0 Å². The van der Waals surface area contributed by atoms with Gasteiger partial charge in [0.2, 0.25) is 0 Å². The number of aryl methyl sites for hydroxylation is 5. The second-order valence-corrected chi connectivity index (χ2v) is 34.8. The van der Waals surface area contributed by atoms with Crippen LogP contribution in [0, 0.1) is 34.6 Å². The van der Waals surface area contributed by atoms with Gasteiger partial charge in [-0.2, -0.15) is 0 Å². The molecule has 22 rings (SSSR count). The first-order valence-corrected chi connectivity index (χ1v) is 47.6. The third-order valence-corrected chi connectivity index (χ3v) is 24.5. The van der Waals surface area contributed by atoms with Gasteiger partial charge < -0.3 is 19.6 Å². The number of carbonyl (C=O) groups is 2. The average Bonchev–Trinajstić information content (AvgIpc) is 0.761. The van der Waals surface area contributed by atoms with Gasteiger partial charge in [-0.05, 0) is 284 Å². The largest absolute Gasteiger partial charge is 0.311 e. The summed E-state index contributed by atoms with van der Waals surface area (Å²) in [5.74, 6) is 0.0636. The molecule has 680 valence electrons. The molecule has 20 aromatic carbocycles. The summed E-state index contributed by atoms with van der Waals surface area (Å²) in [7, 11) is 0. The molecule has 0 unspecified atom stereocenters. The molecule has 0 aliphatic rings. The Morgan fingerprint density at radius 3 is 0.894 bits per heavy atom. The molecule has 0 fully saturated rings. The van der Waals surface area contributed by atoms with Crippen LogP contribution >= 0.6 is 0 Å². The van der Waals surface area contributed by atoms with Gasteiger partial charge in [0.25, 0.3) is 0 Å². The molecular weight excluding hydrogens is 1710 g/mol. The Balaban J connectivity index is 0.000000121. The van der Waals surface area contributed by atoms with Crippen LogP contribution < -0.4 is 19.6 Å². The van der Waals surface area contributed by atoms with Crippen LogP contribution in [-0.2, 0) is 0 Å². The zero-order valence-electron chi connectivity index (χ0n) is 79.5. The summed E-state index contributed by atoms with van der Waals surface area (Å²) in [6.45, 7) is 10.5. The number of nitrogens with zero attached hydrogens (tertiary/aromatic N) is 6. The molecule has 22 aromatic rings. The van der Waals surface area contributed by atoms with Gasteiger partial charge in [0.1, 0.15) is 0 Å². The lowest BCUT2D eigenvalue weighted by atomic mass is 9.91. The Morgan fingerprint density at radius 1 is 0.170 bits per heavy atom. The summed E-state index contributed by atoms with van der Waals surface area (Å²) < 4.78 is 0. The molecule has 0 bridgehead atoms. The van der Waals surface area contributed by atoms with E-state index in [0.717, 1.165) is 107 Å². The van der Waals surface area contributed by atoms with Crippen molar-refractivity contribution in [3.63, 3.8) is 0 Å². The van der Waals surface area contributed by atoms with Gasteiger partial charge in [-0.15, -0.1) is 0 Å². The van der Waals surface area contributed by atoms with Crippen molar-refractivity contribution in [3.8, 4) is 55.9 Å². The highest BCUT2D eigenvalue weighted by Crippen LogP contribution is 2.46. The third-order valence-electron chi connectivity index (χ3n) is 24.5. The van der Waals surface area contributed by atoms with Crippen LogP contribution in [0.2, 0.25) is 0 Å². The summed E-state index contributed by atoms with van der Waals surface area (Å²) >= 11 is 0. The number of fused-ring (bicyclic) bond motifs is 2. The third kappa shape index (κ3) is 23.3. The lowest BCUT2D eigenvalue weighted by molar-refractivity contribution is 0.103. The fourth-order valence-corrected chi connectivity index (χ4v) is 17.7. The van der Waals surface area contributed by atoms with Crippen molar-refractivity contribution in [2.24, 2.45) is 0 Å². The van der Waals surface area contributed by atoms with Crippen molar-refractivity contribution < 1.29 is 9.59 Å². The lowest BCUT2D eigenvalue weighted by Gasteiger charge is -2.31. The van der Waals surface area contributed by atoms with Gasteiger partial charge in [0.15, 0.2) is 11.6 Å². The van der Waals surface area contributed by atoms with Crippen molar-refractivity contribution in [1.29, 1.82) is 0 Å². The first-order valence-electron chi connectivity index (χ1n) is 47.6. The summed E-state index contributed by atoms with van der Waals surface area (Å²) in [6.07, 6.45) is 3.60. The van der Waals surface area contributed by atoms with E-state index >= 15 is 0 Å². The fraction of sp³-hybridized carbons (Fsp3) is 0.0376. The Kier molecular flexibility index (Phi) is 30.0. The smallest absolute Gasteiger partial charge is 0.193 e. The molecule has 0 saturated heterocycles. The van der Waals surface area contributed by atoms with Crippen molar-refractivity contribution in [2.45, 2.75) is 34.6 Å². The number of hydrogen-bond acceptors (Lipinski definition) is 8. The quantitative estimate of drug-likeness (QED) is 0.0659. The fourth-order valence-electron chi connectivity index (χ4n) is 17.7. The average molecular weight is 1820 g/mol. The zero-order chi connectivity index (χ0) is 96.4. The van der Waals surface area contributed by atoms with E-state index in [0.29, 0.717) is 11.1 Å². The molecule has 0 spiro atoms. The number of rotatable bonds is 21. The van der Waals surface area contributed by atoms with E-state index in [1.165, 1.54) is 77.9 Å². The predicted molar refractivity (Wildman–Crippen MR) is 592 cm³/mol. The molecule has 8 nitrogen and oxygen atoms in total. The minimum Gasteiger partial charge on any atom is -0.311 e. The van der Waals surface area contributed by atoms with Crippen LogP contribution in [-0.4, -0.2) is 21.5 Å². The Hall–Kier alpha value is -18.2. The second kappa shape index (κ2) is 45.4. The monoisotopic (exact) mass is 1820 g/mol. The number of hydrogen-bond donors (Lipinski definition) is 0. The van der Waals surface area contributed by atoms with Crippen LogP contribution in [0.4, 0.5) is 68.2 Å². The number of anilines is 12. The van der Waals surface area contributed by atoms with Gasteiger partial charge in [0.05, 0.1) is 22.8 Å². The second-order valence-electron chi connectivity index (χ2n) is 34.8. The van der Waals surface area contributed by atoms with E-state index in [4.69, 9.17) is 0 Å². The van der Waals surface area contributed by atoms with Crippen molar-refractivity contribution in [2.75, 3.05) is 19.6 Å². The zero-order valence-corrected chi connectivity index (χ0v) is 79.5. The molecule has 0 aliphatic heterocycles. The summed E-state index contributed by atoms with van der Waals surface area (Å²) in [4.78, 5) is 44.6. The van der Waals surface area contributed by atoms with Crippen LogP contribution in [0.15, 0.2) is 552 Å². The Bertz CT molecular complexity index is 7600. The van der Waals surface area contributed by atoms with E-state index in [1.54, 1.807) is 12.4 Å². The maximum absolute atomic E-state index is 13.7. The molecule has 0 amide bonds. The van der Waals surface area contributed by atoms with Gasteiger partial charge in [0, 0.05) is 113 Å². The predicted octanol–water partition coefficient (Wildman–Crippen LogP) is 35.7. The molecule has 0 N–H and O–H groups in total. The SMILES string of the molecule is Cc1cc(N(c2ccccc2)c2cccc3ccccc23)cc(N(c2ccccc2)c2cccc3ccccc23)c1.Cc1ccc(N(c2ccccc2)c2ccccc2)cc1.Cc1cccc(-c2cccc(C(=O)c3ccccc3)c2)c1.Cc1cccc(C(=O)c2cc(-c3cccc(-c4ccccn4)c3)cc(-c3cccc(-c4ccccn4)c3)c2)c1.Cc1cccc(N(c2ccccc2)c2ccccc2)c1. The van der Waals surface area contributed by atoms with E-state index in [9.17, 15) is 9.59 Å². The summed E-state index contributed by atoms with van der Waals surface area (Å²) in [6, 6.07) is 185. The highest BCUT2D eigenvalue weighted by Gasteiger charge is 2.23. The normalized spacial score (nSPS) is 10.6. The van der Waals surface area contributed by atoms with Crippen LogP contribution in [0.5, 0.6) is 0 Å². The molecule has 0 atom stereocenters. The molecule has 2 aromatic heterocycles. The van der Waals surface area contributed by atoms with Crippen LogP contribution in [0.25, 0.3) is 77.4 Å². The number of para-hydroxylation sites is 6. The van der Waals surface area contributed by atoms with E-state index in [1.807, 2.05) is 177 Å². The van der Waals surface area contributed by atoms with Gasteiger partial charge in [-0.1, -0.05) is 362 Å². The molecular formula is C133H106N6O2. The van der Waals surface area contributed by atoms with Gasteiger partial charge >= 0.3 is 0 Å². The first kappa shape index (κ1) is 93.2. The number of benzene rings is 20.